The second-order valence-corrected chi connectivity index (χ2v) is 10.4. The first kappa shape index (κ1) is 28.8. The van der Waals surface area contributed by atoms with E-state index in [4.69, 9.17) is 5.11 Å². The minimum absolute atomic E-state index is 0.0185. The van der Waals surface area contributed by atoms with Crippen molar-refractivity contribution in [1.29, 1.82) is 0 Å². The van der Waals surface area contributed by atoms with Gasteiger partial charge in [-0.25, -0.2) is 4.79 Å². The zero-order valence-corrected chi connectivity index (χ0v) is 22.1. The first-order valence-electron chi connectivity index (χ1n) is 13.1. The first-order valence-corrected chi connectivity index (χ1v) is 13.1. The van der Waals surface area contributed by atoms with Crippen molar-refractivity contribution in [3.8, 4) is 11.1 Å². The molecule has 4 rings (SSSR count). The third-order valence-corrected chi connectivity index (χ3v) is 7.76. The quantitative estimate of drug-likeness (QED) is 0.556. The fourth-order valence-corrected chi connectivity index (χ4v) is 5.29. The molecule has 3 amide bonds. The average molecular weight is 549 g/mol. The fraction of sp³-hybridized carbons (Fsp3) is 0.500. The minimum atomic E-state index is -4.39. The molecule has 0 radical (unpaired) electrons. The van der Waals surface area contributed by atoms with E-state index in [2.05, 4.69) is 0 Å². The van der Waals surface area contributed by atoms with Gasteiger partial charge in [0.2, 0.25) is 0 Å². The normalized spacial score (nSPS) is 20.7. The maximum absolute atomic E-state index is 13.2. The van der Waals surface area contributed by atoms with Crippen molar-refractivity contribution in [3.05, 3.63) is 59.7 Å². The number of carbonyl (C=O) groups is 2. The predicted molar refractivity (Wildman–Crippen MR) is 140 cm³/mol. The number of amides is 3. The molecule has 212 valence electrons. The van der Waals surface area contributed by atoms with Crippen LogP contribution in [0.3, 0.4) is 0 Å². The summed E-state index contributed by atoms with van der Waals surface area (Å²) in [6.07, 6.45) is -3.74. The third-order valence-electron chi connectivity index (χ3n) is 7.76. The molecule has 0 saturated carbocycles. The summed E-state index contributed by atoms with van der Waals surface area (Å²) in [5, 5.41) is 18.8. The smallest absolute Gasteiger partial charge is 0.394 e. The van der Waals surface area contributed by atoms with Gasteiger partial charge in [-0.2, -0.15) is 13.2 Å². The molecule has 2 heterocycles. The molecule has 2 aromatic carbocycles. The number of halogens is 3. The topological polar surface area (TPSA) is 87.6 Å². The van der Waals surface area contributed by atoms with Crippen molar-refractivity contribution in [3.63, 3.8) is 0 Å². The van der Waals surface area contributed by atoms with Crippen molar-refractivity contribution in [2.75, 3.05) is 53.4 Å². The van der Waals surface area contributed by atoms with Crippen LogP contribution in [-0.4, -0.2) is 113 Å². The highest BCUT2D eigenvalue weighted by Gasteiger charge is 2.36. The molecule has 0 bridgehead atoms. The van der Waals surface area contributed by atoms with E-state index in [0.29, 0.717) is 49.3 Å². The Hall–Kier alpha value is -3.15. The van der Waals surface area contributed by atoms with E-state index in [1.165, 1.54) is 12.1 Å². The summed E-state index contributed by atoms with van der Waals surface area (Å²) in [6, 6.07) is 11.5. The van der Waals surface area contributed by atoms with Gasteiger partial charge in [0.05, 0.1) is 24.3 Å². The minimum Gasteiger partial charge on any atom is -0.394 e. The van der Waals surface area contributed by atoms with Gasteiger partial charge in [0.15, 0.2) is 0 Å². The van der Waals surface area contributed by atoms with E-state index < -0.39 is 17.8 Å². The van der Waals surface area contributed by atoms with Gasteiger partial charge in [-0.15, -0.1) is 0 Å². The lowest BCUT2D eigenvalue weighted by atomic mass is 10.0. The molecular formula is C28H35F3N4O4. The van der Waals surface area contributed by atoms with E-state index in [0.717, 1.165) is 25.1 Å². The number of hydrogen-bond acceptors (Lipinski definition) is 5. The predicted octanol–water partition coefficient (Wildman–Crippen LogP) is 3.00. The number of aliphatic hydroxyl groups is 2. The van der Waals surface area contributed by atoms with Crippen molar-refractivity contribution < 1.29 is 33.0 Å². The second kappa shape index (κ2) is 11.9. The summed E-state index contributed by atoms with van der Waals surface area (Å²) in [7, 11) is 3.50. The Morgan fingerprint density at radius 1 is 0.923 bits per heavy atom. The highest BCUT2D eigenvalue weighted by molar-refractivity contribution is 5.95. The number of aliphatic hydroxyl groups excluding tert-OH is 2. The molecule has 2 aliphatic rings. The number of urea groups is 1. The van der Waals surface area contributed by atoms with Gasteiger partial charge in [0.1, 0.15) is 0 Å². The molecule has 8 nitrogen and oxygen atoms in total. The van der Waals surface area contributed by atoms with Crippen LogP contribution in [0.15, 0.2) is 48.5 Å². The average Bonchev–Trinajstić information content (AvgIpc) is 3.61. The lowest BCUT2D eigenvalue weighted by Crippen LogP contribution is -2.47. The molecule has 2 aliphatic heterocycles. The zero-order chi connectivity index (χ0) is 28.3. The van der Waals surface area contributed by atoms with E-state index >= 15 is 0 Å². The first-order chi connectivity index (χ1) is 18.5. The number of β-amino-alcohol motifs (C(OH)–C–C–N with tert-alkyl or cyclic N) is 1. The fourth-order valence-electron chi connectivity index (χ4n) is 5.29. The van der Waals surface area contributed by atoms with Gasteiger partial charge in [-0.1, -0.05) is 24.3 Å². The molecule has 0 aliphatic carbocycles. The molecule has 2 N–H and O–H groups in total. The van der Waals surface area contributed by atoms with Crippen LogP contribution in [0.4, 0.5) is 18.0 Å². The van der Waals surface area contributed by atoms with Crippen molar-refractivity contribution >= 4 is 11.9 Å². The highest BCUT2D eigenvalue weighted by atomic mass is 19.4. The molecular weight excluding hydrogens is 513 g/mol. The van der Waals surface area contributed by atoms with Gasteiger partial charge in [-0.05, 0) is 48.2 Å². The van der Waals surface area contributed by atoms with Crippen molar-refractivity contribution in [2.24, 2.45) is 0 Å². The molecule has 1 unspecified atom stereocenters. The van der Waals surface area contributed by atoms with Crippen LogP contribution in [0, 0.1) is 0 Å². The summed E-state index contributed by atoms with van der Waals surface area (Å²) in [5.41, 5.74) is 1.09. The van der Waals surface area contributed by atoms with Crippen molar-refractivity contribution in [2.45, 2.75) is 37.2 Å². The second-order valence-electron chi connectivity index (χ2n) is 10.4. The standard InChI is InChI=1S/C28H35F3N4O4/c1-32(26(38)21-5-3-19(4-6-21)20-7-9-22(10-8-20)28(29,30)31)24-12-14-35(16-24)27(39)33(2)23-11-13-34(15-23)17-25(37)18-36/h3-10,23-25,36-37H,11-18H2,1-2H3/t23?,24-,25-/m0/s1. The molecule has 0 aromatic heterocycles. The largest absolute Gasteiger partial charge is 0.416 e. The van der Waals surface area contributed by atoms with Crippen LogP contribution in [-0.2, 0) is 6.18 Å². The lowest BCUT2D eigenvalue weighted by molar-refractivity contribution is -0.137. The summed E-state index contributed by atoms with van der Waals surface area (Å²) >= 11 is 0. The molecule has 39 heavy (non-hydrogen) atoms. The van der Waals surface area contributed by atoms with Crippen molar-refractivity contribution in [1.82, 2.24) is 19.6 Å². The van der Waals surface area contributed by atoms with Crippen LogP contribution < -0.4 is 0 Å². The van der Waals surface area contributed by atoms with Gasteiger partial charge in [-0.3, -0.25) is 9.69 Å². The van der Waals surface area contributed by atoms with Crippen LogP contribution in [0.1, 0.15) is 28.8 Å². The molecule has 2 aromatic rings. The Morgan fingerprint density at radius 2 is 1.49 bits per heavy atom. The van der Waals surface area contributed by atoms with Gasteiger partial charge < -0.3 is 24.9 Å². The molecule has 0 spiro atoms. The molecule has 3 atom stereocenters. The molecule has 2 fully saturated rings. The lowest BCUT2D eigenvalue weighted by Gasteiger charge is -2.30. The number of likely N-dealkylation sites (N-methyl/N-ethyl adjacent to an activating group) is 2. The third kappa shape index (κ3) is 6.71. The number of nitrogens with zero attached hydrogens (tertiary/aromatic N) is 4. The van der Waals surface area contributed by atoms with Crippen LogP contribution in [0.2, 0.25) is 0 Å². The number of benzene rings is 2. The maximum Gasteiger partial charge on any atom is 0.416 e. The maximum atomic E-state index is 13.2. The van der Waals surface area contributed by atoms with Gasteiger partial charge in [0, 0.05) is 58.4 Å². The van der Waals surface area contributed by atoms with Crippen LogP contribution in [0.5, 0.6) is 0 Å². The summed E-state index contributed by atoms with van der Waals surface area (Å²) in [5.74, 6) is -0.185. The van der Waals surface area contributed by atoms with E-state index in [1.807, 2.05) is 4.90 Å². The Labute approximate surface area is 226 Å². The summed E-state index contributed by atoms with van der Waals surface area (Å²) < 4.78 is 38.5. The number of alkyl halides is 3. The Balaban J connectivity index is 1.31. The monoisotopic (exact) mass is 548 g/mol. The van der Waals surface area contributed by atoms with E-state index in [9.17, 15) is 27.9 Å². The Kier molecular flexibility index (Phi) is 8.83. The summed E-state index contributed by atoms with van der Waals surface area (Å²) in [6.45, 7) is 2.43. The number of likely N-dealkylation sites (tertiary alicyclic amines) is 2. The number of rotatable bonds is 7. The molecule has 2 saturated heterocycles. The highest BCUT2D eigenvalue weighted by Crippen LogP contribution is 2.31. The van der Waals surface area contributed by atoms with Gasteiger partial charge in [0.25, 0.3) is 5.91 Å². The Morgan fingerprint density at radius 3 is 2.08 bits per heavy atom. The van der Waals surface area contributed by atoms with E-state index in [1.54, 1.807) is 53.1 Å². The number of carbonyl (C=O) groups excluding carboxylic acids is 2. The Bertz CT molecular complexity index is 1140. The molecule has 11 heteroatoms. The number of hydrogen-bond donors (Lipinski definition) is 2. The van der Waals surface area contributed by atoms with Crippen LogP contribution in [0.25, 0.3) is 11.1 Å². The summed E-state index contributed by atoms with van der Waals surface area (Å²) in [4.78, 5) is 33.5. The van der Waals surface area contributed by atoms with Gasteiger partial charge >= 0.3 is 12.2 Å². The SMILES string of the molecule is CN(C(=O)N1CC[C@H](N(C)C(=O)c2ccc(-c3ccc(C(F)(F)F)cc3)cc2)C1)C1CCN(C[C@H](O)CO)C1. The zero-order valence-electron chi connectivity index (χ0n) is 22.1. The van der Waals surface area contributed by atoms with Crippen LogP contribution >= 0.6 is 0 Å². The van der Waals surface area contributed by atoms with E-state index in [-0.39, 0.29) is 30.6 Å².